The molecule has 1 fully saturated rings. The zero-order valence-corrected chi connectivity index (χ0v) is 11.9. The molecule has 1 amide bonds. The van der Waals surface area contributed by atoms with E-state index in [1.807, 2.05) is 14.1 Å². The van der Waals surface area contributed by atoms with E-state index < -0.39 is 0 Å². The largest absolute Gasteiger partial charge is 0.348 e. The van der Waals surface area contributed by atoms with Crippen LogP contribution < -0.4 is 5.73 Å². The molecule has 0 spiro atoms. The van der Waals surface area contributed by atoms with Gasteiger partial charge in [-0.05, 0) is 45.4 Å². The van der Waals surface area contributed by atoms with Crippen molar-refractivity contribution in [2.24, 2.45) is 5.73 Å². The average molecular weight is 256 g/mol. The van der Waals surface area contributed by atoms with Crippen LogP contribution in [0.1, 0.15) is 19.3 Å². The monoisotopic (exact) mass is 256 g/mol. The molecule has 0 unspecified atom stereocenters. The molecule has 5 nitrogen and oxygen atoms in total. The molecule has 0 aromatic carbocycles. The van der Waals surface area contributed by atoms with E-state index in [2.05, 4.69) is 9.80 Å². The average Bonchev–Trinajstić information content (AvgIpc) is 2.55. The molecule has 0 aromatic rings. The van der Waals surface area contributed by atoms with Crippen molar-refractivity contribution < 1.29 is 4.79 Å². The molecule has 18 heavy (non-hydrogen) atoms. The number of nitrogens with two attached hydrogens (primary N) is 1. The second-order valence-electron chi connectivity index (χ2n) is 5.26. The van der Waals surface area contributed by atoms with Crippen molar-refractivity contribution >= 4 is 5.91 Å². The van der Waals surface area contributed by atoms with Gasteiger partial charge in [0.1, 0.15) is 0 Å². The molecular weight excluding hydrogens is 228 g/mol. The number of rotatable bonds is 6. The maximum Gasteiger partial charge on any atom is 0.236 e. The van der Waals surface area contributed by atoms with Crippen LogP contribution in [-0.2, 0) is 4.79 Å². The molecule has 1 aliphatic rings. The van der Waals surface area contributed by atoms with E-state index in [-0.39, 0.29) is 5.91 Å². The summed E-state index contributed by atoms with van der Waals surface area (Å²) in [4.78, 5) is 18.1. The van der Waals surface area contributed by atoms with Gasteiger partial charge in [-0.3, -0.25) is 9.69 Å². The first-order valence-electron chi connectivity index (χ1n) is 6.98. The van der Waals surface area contributed by atoms with Crippen LogP contribution in [0.4, 0.5) is 0 Å². The summed E-state index contributed by atoms with van der Waals surface area (Å²) in [6, 6.07) is 0. The van der Waals surface area contributed by atoms with Crippen molar-refractivity contribution in [2.45, 2.75) is 19.3 Å². The highest BCUT2D eigenvalue weighted by Crippen LogP contribution is 2.04. The molecule has 1 saturated heterocycles. The number of hydrogen-bond acceptors (Lipinski definition) is 4. The number of hydrogen-bond donors (Lipinski definition) is 1. The topological polar surface area (TPSA) is 52.8 Å². The number of unbranched alkanes of at least 4 members (excludes halogenated alkanes) is 1. The molecule has 2 N–H and O–H groups in total. The van der Waals surface area contributed by atoms with Gasteiger partial charge in [-0.1, -0.05) is 0 Å². The van der Waals surface area contributed by atoms with Crippen LogP contribution in [0.3, 0.4) is 0 Å². The second-order valence-corrected chi connectivity index (χ2v) is 5.26. The summed E-state index contributed by atoms with van der Waals surface area (Å²) in [5.41, 5.74) is 5.51. The summed E-state index contributed by atoms with van der Waals surface area (Å²) >= 11 is 0. The fraction of sp³-hybridized carbons (Fsp3) is 0.923. The van der Waals surface area contributed by atoms with Crippen molar-refractivity contribution in [3.63, 3.8) is 0 Å². The lowest BCUT2D eigenvalue weighted by Crippen LogP contribution is -2.38. The van der Waals surface area contributed by atoms with E-state index in [9.17, 15) is 4.79 Å². The number of carbonyl (C=O) groups excluding carboxylic acids is 1. The second kappa shape index (κ2) is 8.45. The minimum absolute atomic E-state index is 0.201. The van der Waals surface area contributed by atoms with Crippen LogP contribution in [0.5, 0.6) is 0 Å². The van der Waals surface area contributed by atoms with Gasteiger partial charge in [0.05, 0.1) is 6.54 Å². The minimum Gasteiger partial charge on any atom is -0.348 e. The SMILES string of the molecule is CN(C)C(=O)CN1CCCN(CCCCN)CC1. The smallest absolute Gasteiger partial charge is 0.236 e. The summed E-state index contributed by atoms with van der Waals surface area (Å²) in [6.07, 6.45) is 3.45. The lowest BCUT2D eigenvalue weighted by molar-refractivity contribution is -0.129. The molecule has 106 valence electrons. The highest BCUT2D eigenvalue weighted by atomic mass is 16.2. The van der Waals surface area contributed by atoms with E-state index in [1.54, 1.807) is 4.90 Å². The van der Waals surface area contributed by atoms with E-state index in [0.29, 0.717) is 6.54 Å². The Kier molecular flexibility index (Phi) is 7.23. The Morgan fingerprint density at radius 2 is 1.78 bits per heavy atom. The summed E-state index contributed by atoms with van der Waals surface area (Å²) in [7, 11) is 3.64. The Bertz CT molecular complexity index is 245. The van der Waals surface area contributed by atoms with E-state index in [4.69, 9.17) is 5.73 Å². The normalized spacial score (nSPS) is 18.6. The Hall–Kier alpha value is -0.650. The van der Waals surface area contributed by atoms with Crippen LogP contribution in [0, 0.1) is 0 Å². The van der Waals surface area contributed by atoms with Crippen LogP contribution in [-0.4, -0.2) is 80.5 Å². The first kappa shape index (κ1) is 15.4. The summed E-state index contributed by atoms with van der Waals surface area (Å²) < 4.78 is 0. The standard InChI is InChI=1S/C13H28N4O/c1-15(2)13(18)12-17-9-5-8-16(10-11-17)7-4-3-6-14/h3-12,14H2,1-2H3. The molecule has 0 saturated carbocycles. The van der Waals surface area contributed by atoms with Crippen LogP contribution >= 0.6 is 0 Å². The van der Waals surface area contributed by atoms with Gasteiger partial charge < -0.3 is 15.5 Å². The van der Waals surface area contributed by atoms with E-state index in [1.165, 1.54) is 6.42 Å². The molecule has 1 aliphatic heterocycles. The quantitative estimate of drug-likeness (QED) is 0.670. The third-order valence-corrected chi connectivity index (χ3v) is 3.47. The predicted molar refractivity (Wildman–Crippen MR) is 74.5 cm³/mol. The van der Waals surface area contributed by atoms with Gasteiger partial charge in [0.25, 0.3) is 0 Å². The Morgan fingerprint density at radius 1 is 1.11 bits per heavy atom. The Balaban J connectivity index is 2.25. The molecule has 0 radical (unpaired) electrons. The third kappa shape index (κ3) is 5.80. The van der Waals surface area contributed by atoms with Gasteiger partial charge in [-0.2, -0.15) is 0 Å². The molecule has 0 aliphatic carbocycles. The van der Waals surface area contributed by atoms with Crippen molar-refractivity contribution in [3.05, 3.63) is 0 Å². The number of carbonyl (C=O) groups is 1. The summed E-state index contributed by atoms with van der Waals surface area (Å²) in [6.45, 7) is 6.76. The van der Waals surface area contributed by atoms with Crippen LogP contribution in [0.25, 0.3) is 0 Å². The maximum atomic E-state index is 11.7. The number of likely N-dealkylation sites (N-methyl/N-ethyl adjacent to an activating group) is 1. The zero-order valence-electron chi connectivity index (χ0n) is 11.9. The van der Waals surface area contributed by atoms with Crippen molar-refractivity contribution in [1.29, 1.82) is 0 Å². The van der Waals surface area contributed by atoms with Crippen molar-refractivity contribution in [1.82, 2.24) is 14.7 Å². The van der Waals surface area contributed by atoms with Gasteiger partial charge in [0, 0.05) is 27.2 Å². The highest BCUT2D eigenvalue weighted by molar-refractivity contribution is 5.77. The fourth-order valence-corrected chi connectivity index (χ4v) is 2.22. The summed E-state index contributed by atoms with van der Waals surface area (Å²) in [5.74, 6) is 0.201. The number of nitrogens with zero attached hydrogens (tertiary/aromatic N) is 3. The number of amides is 1. The van der Waals surface area contributed by atoms with Gasteiger partial charge in [0.15, 0.2) is 0 Å². The molecule has 1 rings (SSSR count). The fourth-order valence-electron chi connectivity index (χ4n) is 2.22. The predicted octanol–water partition coefficient (Wildman–Crippen LogP) is -0.179. The van der Waals surface area contributed by atoms with E-state index >= 15 is 0 Å². The lowest BCUT2D eigenvalue weighted by Gasteiger charge is -2.22. The maximum absolute atomic E-state index is 11.7. The zero-order chi connectivity index (χ0) is 13.4. The van der Waals surface area contributed by atoms with Crippen LogP contribution in [0.15, 0.2) is 0 Å². The van der Waals surface area contributed by atoms with Gasteiger partial charge in [-0.25, -0.2) is 0 Å². The van der Waals surface area contributed by atoms with Gasteiger partial charge in [0.2, 0.25) is 5.91 Å². The minimum atomic E-state index is 0.201. The van der Waals surface area contributed by atoms with Gasteiger partial charge >= 0.3 is 0 Å². The molecule has 5 heteroatoms. The first-order valence-corrected chi connectivity index (χ1v) is 6.98. The molecule has 0 bridgehead atoms. The third-order valence-electron chi connectivity index (χ3n) is 3.47. The lowest BCUT2D eigenvalue weighted by atomic mass is 10.3. The molecular formula is C13H28N4O. The van der Waals surface area contributed by atoms with Crippen molar-refractivity contribution in [3.8, 4) is 0 Å². The van der Waals surface area contributed by atoms with Crippen LogP contribution in [0.2, 0.25) is 0 Å². The first-order chi connectivity index (χ1) is 8.63. The summed E-state index contributed by atoms with van der Waals surface area (Å²) in [5, 5.41) is 0. The Labute approximate surface area is 111 Å². The van der Waals surface area contributed by atoms with E-state index in [0.717, 1.165) is 52.1 Å². The Morgan fingerprint density at radius 3 is 2.44 bits per heavy atom. The van der Waals surface area contributed by atoms with Crippen molar-refractivity contribution in [2.75, 3.05) is 59.9 Å². The molecule has 0 aromatic heterocycles. The van der Waals surface area contributed by atoms with Gasteiger partial charge in [-0.15, -0.1) is 0 Å². The molecule has 1 heterocycles. The highest BCUT2D eigenvalue weighted by Gasteiger charge is 2.17. The molecule has 0 atom stereocenters.